The maximum absolute atomic E-state index is 13.1. The molecular weight excluding hydrogens is 371 g/mol. The van der Waals surface area contributed by atoms with Crippen LogP contribution in [0.3, 0.4) is 0 Å². The number of piperidine rings is 1. The molecule has 0 bridgehead atoms. The first-order chi connectivity index (χ1) is 11.7. The molecule has 4 nitrogen and oxygen atoms in total. The fraction of sp³-hybridized carbons (Fsp3) is 0.444. The van der Waals surface area contributed by atoms with Gasteiger partial charge in [-0.25, -0.2) is 14.4 Å². The third-order valence-electron chi connectivity index (χ3n) is 5.20. The Balaban J connectivity index is 1.49. The lowest BCUT2D eigenvalue weighted by molar-refractivity contribution is 0.199. The SMILES string of the molecule is Fc1cnc(N2CCC3CCN(Cc4ccccc4Br)C3C2)nc1. The fourth-order valence-electron chi connectivity index (χ4n) is 3.92. The van der Waals surface area contributed by atoms with Crippen molar-refractivity contribution in [2.75, 3.05) is 24.5 Å². The molecule has 2 saturated heterocycles. The van der Waals surface area contributed by atoms with Crippen molar-refractivity contribution in [2.24, 2.45) is 5.92 Å². The third-order valence-corrected chi connectivity index (χ3v) is 5.97. The van der Waals surface area contributed by atoms with E-state index in [1.54, 1.807) is 0 Å². The lowest BCUT2D eigenvalue weighted by Crippen LogP contribution is -2.48. The molecule has 0 spiro atoms. The minimum atomic E-state index is -0.384. The minimum absolute atomic E-state index is 0.384. The number of benzene rings is 1. The Hall–Kier alpha value is -1.53. The zero-order valence-electron chi connectivity index (χ0n) is 13.4. The van der Waals surface area contributed by atoms with Gasteiger partial charge in [-0.15, -0.1) is 0 Å². The zero-order valence-corrected chi connectivity index (χ0v) is 15.0. The molecule has 4 rings (SSSR count). The molecule has 2 aromatic rings. The van der Waals surface area contributed by atoms with Gasteiger partial charge in [0.2, 0.25) is 5.95 Å². The summed E-state index contributed by atoms with van der Waals surface area (Å²) in [6.07, 6.45) is 4.91. The van der Waals surface area contributed by atoms with Crippen LogP contribution in [0.5, 0.6) is 0 Å². The van der Waals surface area contributed by atoms with Gasteiger partial charge in [0.1, 0.15) is 0 Å². The number of anilines is 1. The van der Waals surface area contributed by atoms with Crippen molar-refractivity contribution in [2.45, 2.75) is 25.4 Å². The number of likely N-dealkylation sites (tertiary alicyclic amines) is 1. The van der Waals surface area contributed by atoms with E-state index in [1.165, 1.54) is 28.9 Å². The maximum Gasteiger partial charge on any atom is 0.225 e. The third kappa shape index (κ3) is 3.17. The number of fused-ring (bicyclic) bond motifs is 1. The Kier molecular flexibility index (Phi) is 4.50. The predicted molar refractivity (Wildman–Crippen MR) is 95.3 cm³/mol. The van der Waals surface area contributed by atoms with Crippen LogP contribution >= 0.6 is 15.9 Å². The van der Waals surface area contributed by atoms with Crippen molar-refractivity contribution in [3.05, 3.63) is 52.5 Å². The summed E-state index contributed by atoms with van der Waals surface area (Å²) in [4.78, 5) is 13.1. The summed E-state index contributed by atoms with van der Waals surface area (Å²) < 4.78 is 14.2. The van der Waals surface area contributed by atoms with E-state index in [0.717, 1.165) is 38.5 Å². The Morgan fingerprint density at radius 2 is 1.88 bits per heavy atom. The number of aromatic nitrogens is 2. The quantitative estimate of drug-likeness (QED) is 0.802. The largest absolute Gasteiger partial charge is 0.339 e. The van der Waals surface area contributed by atoms with E-state index in [2.05, 4.69) is 60.0 Å². The molecule has 2 fully saturated rings. The summed E-state index contributed by atoms with van der Waals surface area (Å²) in [6, 6.07) is 8.94. The zero-order chi connectivity index (χ0) is 16.5. The van der Waals surface area contributed by atoms with E-state index in [4.69, 9.17) is 0 Å². The van der Waals surface area contributed by atoms with Crippen LogP contribution in [0.4, 0.5) is 10.3 Å². The molecule has 1 aromatic carbocycles. The van der Waals surface area contributed by atoms with Crippen LogP contribution in [0.15, 0.2) is 41.1 Å². The van der Waals surface area contributed by atoms with Crippen LogP contribution in [-0.4, -0.2) is 40.5 Å². The second-order valence-electron chi connectivity index (χ2n) is 6.61. The molecule has 0 aliphatic carbocycles. The van der Waals surface area contributed by atoms with Gasteiger partial charge in [0.25, 0.3) is 0 Å². The summed E-state index contributed by atoms with van der Waals surface area (Å²) in [7, 11) is 0. The van der Waals surface area contributed by atoms with Gasteiger partial charge in [-0.1, -0.05) is 34.1 Å². The molecule has 2 atom stereocenters. The van der Waals surface area contributed by atoms with E-state index >= 15 is 0 Å². The van der Waals surface area contributed by atoms with Crippen molar-refractivity contribution >= 4 is 21.9 Å². The first-order valence-electron chi connectivity index (χ1n) is 8.40. The second kappa shape index (κ2) is 6.76. The van der Waals surface area contributed by atoms with E-state index in [9.17, 15) is 4.39 Å². The van der Waals surface area contributed by atoms with Crippen molar-refractivity contribution in [1.82, 2.24) is 14.9 Å². The molecule has 0 amide bonds. The van der Waals surface area contributed by atoms with Crippen LogP contribution < -0.4 is 4.90 Å². The van der Waals surface area contributed by atoms with Crippen molar-refractivity contribution in [3.8, 4) is 0 Å². The van der Waals surface area contributed by atoms with E-state index in [1.807, 2.05) is 0 Å². The fourth-order valence-corrected chi connectivity index (χ4v) is 4.33. The number of rotatable bonds is 3. The van der Waals surface area contributed by atoms with Gasteiger partial charge in [0.05, 0.1) is 12.4 Å². The van der Waals surface area contributed by atoms with Gasteiger partial charge in [-0.2, -0.15) is 0 Å². The molecule has 1 aromatic heterocycles. The minimum Gasteiger partial charge on any atom is -0.339 e. The normalized spacial score (nSPS) is 24.2. The average Bonchev–Trinajstić information content (AvgIpc) is 3.00. The molecule has 0 saturated carbocycles. The highest BCUT2D eigenvalue weighted by molar-refractivity contribution is 9.10. The van der Waals surface area contributed by atoms with Crippen molar-refractivity contribution in [1.29, 1.82) is 0 Å². The summed E-state index contributed by atoms with van der Waals surface area (Å²) in [5.74, 6) is 0.997. The van der Waals surface area contributed by atoms with Gasteiger partial charge in [0.15, 0.2) is 5.82 Å². The second-order valence-corrected chi connectivity index (χ2v) is 7.47. The summed E-state index contributed by atoms with van der Waals surface area (Å²) >= 11 is 3.65. The smallest absolute Gasteiger partial charge is 0.225 e. The lowest BCUT2D eigenvalue weighted by Gasteiger charge is -2.38. The summed E-state index contributed by atoms with van der Waals surface area (Å²) in [6.45, 7) is 3.96. The summed E-state index contributed by atoms with van der Waals surface area (Å²) in [5, 5.41) is 0. The topological polar surface area (TPSA) is 32.3 Å². The monoisotopic (exact) mass is 390 g/mol. The Morgan fingerprint density at radius 1 is 1.12 bits per heavy atom. The van der Waals surface area contributed by atoms with Crippen LogP contribution in [0.25, 0.3) is 0 Å². The average molecular weight is 391 g/mol. The van der Waals surface area contributed by atoms with Crippen molar-refractivity contribution in [3.63, 3.8) is 0 Å². The first kappa shape index (κ1) is 16.0. The van der Waals surface area contributed by atoms with Gasteiger partial charge in [0, 0.05) is 30.1 Å². The van der Waals surface area contributed by atoms with E-state index in [0.29, 0.717) is 12.0 Å². The molecule has 2 aliphatic heterocycles. The van der Waals surface area contributed by atoms with Crippen LogP contribution in [0.1, 0.15) is 18.4 Å². The Bertz CT molecular complexity index is 708. The highest BCUT2D eigenvalue weighted by Gasteiger charge is 2.38. The number of hydrogen-bond acceptors (Lipinski definition) is 4. The molecule has 0 N–H and O–H groups in total. The maximum atomic E-state index is 13.1. The van der Waals surface area contributed by atoms with Crippen molar-refractivity contribution < 1.29 is 4.39 Å². The van der Waals surface area contributed by atoms with Gasteiger partial charge >= 0.3 is 0 Å². The predicted octanol–water partition coefficient (Wildman–Crippen LogP) is 3.48. The van der Waals surface area contributed by atoms with Gasteiger partial charge in [-0.3, -0.25) is 4.90 Å². The van der Waals surface area contributed by atoms with Gasteiger partial charge < -0.3 is 4.90 Å². The van der Waals surface area contributed by atoms with Crippen LogP contribution in [0.2, 0.25) is 0 Å². The Morgan fingerprint density at radius 3 is 2.67 bits per heavy atom. The van der Waals surface area contributed by atoms with E-state index in [-0.39, 0.29) is 5.82 Å². The molecule has 126 valence electrons. The number of halogens is 2. The molecule has 0 radical (unpaired) electrons. The lowest BCUT2D eigenvalue weighted by atomic mass is 9.92. The molecule has 2 aliphatic rings. The summed E-state index contributed by atoms with van der Waals surface area (Å²) in [5.41, 5.74) is 1.33. The molecule has 24 heavy (non-hydrogen) atoms. The Labute approximate surface area is 149 Å². The first-order valence-corrected chi connectivity index (χ1v) is 9.20. The number of hydrogen-bond donors (Lipinski definition) is 0. The molecule has 2 unspecified atom stereocenters. The molecule has 3 heterocycles. The van der Waals surface area contributed by atoms with Crippen LogP contribution in [-0.2, 0) is 6.54 Å². The van der Waals surface area contributed by atoms with E-state index < -0.39 is 0 Å². The highest BCUT2D eigenvalue weighted by Crippen LogP contribution is 2.34. The van der Waals surface area contributed by atoms with Crippen LogP contribution in [0, 0.1) is 11.7 Å². The number of nitrogens with zero attached hydrogens (tertiary/aromatic N) is 4. The molecular formula is C18H20BrFN4. The van der Waals surface area contributed by atoms with Gasteiger partial charge in [-0.05, 0) is 36.9 Å². The highest BCUT2D eigenvalue weighted by atomic mass is 79.9. The molecule has 6 heteroatoms. The standard InChI is InChI=1S/C18H20BrFN4/c19-16-4-2-1-3-14(16)11-23-7-5-13-6-8-24(12-17(13)23)18-21-9-15(20)10-22-18/h1-4,9-10,13,17H,5-8,11-12H2.